The molecule has 1 atom stereocenters. The Morgan fingerprint density at radius 2 is 2.00 bits per heavy atom. The van der Waals surface area contributed by atoms with Crippen LogP contribution in [0.4, 0.5) is 5.82 Å². The topological polar surface area (TPSA) is 91.9 Å². The smallest absolute Gasteiger partial charge is 0.344 e. The van der Waals surface area contributed by atoms with Gasteiger partial charge in [-0.2, -0.15) is 9.97 Å². The van der Waals surface area contributed by atoms with E-state index < -0.39 is 11.2 Å². The van der Waals surface area contributed by atoms with Gasteiger partial charge < -0.3 is 10.3 Å². The number of aromatic nitrogens is 2. The fraction of sp³-hybridized carbons (Fsp3) is 0.214. The van der Waals surface area contributed by atoms with E-state index in [9.17, 15) is 9.35 Å². The van der Waals surface area contributed by atoms with E-state index in [1.165, 1.54) is 6.20 Å². The van der Waals surface area contributed by atoms with E-state index in [0.717, 1.165) is 5.56 Å². The van der Waals surface area contributed by atoms with E-state index in [1.807, 2.05) is 19.1 Å². The predicted molar refractivity (Wildman–Crippen MR) is 78.0 cm³/mol. The van der Waals surface area contributed by atoms with Crippen LogP contribution in [-0.2, 0) is 11.2 Å². The number of anilines is 1. The number of carbonyl (C=O) groups excluding carboxylic acids is 1. The van der Waals surface area contributed by atoms with Gasteiger partial charge in [0, 0.05) is 22.9 Å². The first-order valence-corrected chi connectivity index (χ1v) is 7.47. The summed E-state index contributed by atoms with van der Waals surface area (Å²) in [5.41, 5.74) is 7.60. The highest BCUT2D eigenvalue weighted by molar-refractivity contribution is 7.91. The summed E-state index contributed by atoms with van der Waals surface area (Å²) in [6.45, 7) is 3.71. The minimum absolute atomic E-state index is 0.0578. The first kappa shape index (κ1) is 14.5. The molecule has 0 saturated heterocycles. The first-order chi connectivity index (χ1) is 9.52. The first-order valence-electron chi connectivity index (χ1n) is 6.15. The number of nitrogens with two attached hydrogens (primary N) is 1. The van der Waals surface area contributed by atoms with Gasteiger partial charge in [-0.15, -0.1) is 0 Å². The minimum Gasteiger partial charge on any atom is -0.609 e. The lowest BCUT2D eigenvalue weighted by Gasteiger charge is -2.08. The number of nitrogen functional groups attached to an aromatic ring is 1. The summed E-state index contributed by atoms with van der Waals surface area (Å²) in [6.07, 6.45) is 1.34. The third-order valence-electron chi connectivity index (χ3n) is 2.82. The van der Waals surface area contributed by atoms with E-state index >= 15 is 0 Å². The zero-order valence-corrected chi connectivity index (χ0v) is 12.1. The molecule has 0 aliphatic rings. The van der Waals surface area contributed by atoms with Crippen LogP contribution in [0.2, 0.25) is 0 Å². The lowest BCUT2D eigenvalue weighted by atomic mass is 10.0. The Hall–Kier alpha value is -1.92. The van der Waals surface area contributed by atoms with Gasteiger partial charge in [0.2, 0.25) is 0 Å². The van der Waals surface area contributed by atoms with Crippen LogP contribution in [-0.4, -0.2) is 26.1 Å². The van der Waals surface area contributed by atoms with Gasteiger partial charge in [-0.25, -0.2) is 0 Å². The maximum atomic E-state index is 12.3. The van der Waals surface area contributed by atoms with Crippen LogP contribution in [0.1, 0.15) is 28.4 Å². The largest absolute Gasteiger partial charge is 0.609 e. The number of aryl methyl sites for hydroxylation is 1. The lowest BCUT2D eigenvalue weighted by Crippen LogP contribution is -2.14. The van der Waals surface area contributed by atoms with Crippen molar-refractivity contribution in [1.82, 2.24) is 9.97 Å². The molecule has 104 valence electrons. The molecule has 0 radical (unpaired) electrons. The van der Waals surface area contributed by atoms with Crippen LogP contribution in [0, 0.1) is 6.92 Å². The average Bonchev–Trinajstić information content (AvgIpc) is 2.46. The molecule has 1 heterocycles. The number of ketones is 1. The molecule has 2 aromatic rings. The van der Waals surface area contributed by atoms with Crippen molar-refractivity contribution in [3.05, 3.63) is 47.2 Å². The Morgan fingerprint density at radius 3 is 2.55 bits per heavy atom. The lowest BCUT2D eigenvalue weighted by molar-refractivity contribution is 0.103. The van der Waals surface area contributed by atoms with E-state index in [0.29, 0.717) is 11.3 Å². The predicted octanol–water partition coefficient (Wildman–Crippen LogP) is 1.73. The van der Waals surface area contributed by atoms with Crippen molar-refractivity contribution in [2.45, 2.75) is 19.0 Å². The highest BCUT2D eigenvalue weighted by Gasteiger charge is 2.19. The zero-order chi connectivity index (χ0) is 14.7. The van der Waals surface area contributed by atoms with Gasteiger partial charge in [-0.1, -0.05) is 29.8 Å². The summed E-state index contributed by atoms with van der Waals surface area (Å²) < 4.78 is 11.6. The van der Waals surface area contributed by atoms with Crippen LogP contribution in [0.5, 0.6) is 0 Å². The van der Waals surface area contributed by atoms with Crippen molar-refractivity contribution in [2.75, 3.05) is 11.5 Å². The minimum atomic E-state index is -1.28. The summed E-state index contributed by atoms with van der Waals surface area (Å²) in [6, 6.07) is 7.17. The normalized spacial score (nSPS) is 12.2. The Labute approximate surface area is 120 Å². The van der Waals surface area contributed by atoms with Crippen molar-refractivity contribution < 1.29 is 9.35 Å². The second-order valence-electron chi connectivity index (χ2n) is 4.28. The fourth-order valence-corrected chi connectivity index (χ4v) is 2.28. The molecule has 0 spiro atoms. The fourth-order valence-electron chi connectivity index (χ4n) is 1.65. The molecule has 1 unspecified atom stereocenters. The molecule has 2 N–H and O–H groups in total. The summed E-state index contributed by atoms with van der Waals surface area (Å²) in [5, 5.41) is 0.158. The maximum Gasteiger partial charge on any atom is 0.344 e. The number of hydrogen-bond acceptors (Lipinski definition) is 5. The second-order valence-corrected chi connectivity index (χ2v) is 5.91. The van der Waals surface area contributed by atoms with Crippen LogP contribution in [0.15, 0.2) is 35.6 Å². The summed E-state index contributed by atoms with van der Waals surface area (Å²) in [4.78, 5) is 20.2. The van der Waals surface area contributed by atoms with Crippen molar-refractivity contribution in [3.8, 4) is 0 Å². The van der Waals surface area contributed by atoms with Gasteiger partial charge in [0.1, 0.15) is 11.6 Å². The van der Waals surface area contributed by atoms with E-state index in [-0.39, 0.29) is 22.3 Å². The van der Waals surface area contributed by atoms with Gasteiger partial charge in [-0.3, -0.25) is 4.79 Å². The van der Waals surface area contributed by atoms with Crippen molar-refractivity contribution in [3.63, 3.8) is 0 Å². The SMILES string of the molecule is CC[S+]([O-])c1ncc(C(=O)c2ccc(C)cc2)c(N)n1. The summed E-state index contributed by atoms with van der Waals surface area (Å²) in [7, 11) is 0. The van der Waals surface area contributed by atoms with Crippen LogP contribution in [0.3, 0.4) is 0 Å². The molecule has 0 fully saturated rings. The Kier molecular flexibility index (Phi) is 4.36. The Morgan fingerprint density at radius 1 is 1.35 bits per heavy atom. The molecular weight excluding hydrogens is 274 g/mol. The molecular formula is C14H15N3O2S. The molecule has 20 heavy (non-hydrogen) atoms. The molecule has 0 aliphatic carbocycles. The number of hydrogen-bond donors (Lipinski definition) is 1. The number of carbonyl (C=O) groups is 1. The molecule has 6 heteroatoms. The third kappa shape index (κ3) is 2.97. The standard InChI is InChI=1S/C14H15N3O2S/c1-3-20(19)14-16-8-11(13(15)17-14)12(18)10-6-4-9(2)5-7-10/h4-8H,3H2,1-2H3,(H2,15,16,17). The molecule has 0 saturated carbocycles. The molecule has 0 aliphatic heterocycles. The van der Waals surface area contributed by atoms with Gasteiger partial charge in [0.15, 0.2) is 5.78 Å². The highest BCUT2D eigenvalue weighted by Crippen LogP contribution is 2.16. The number of benzene rings is 1. The summed E-state index contributed by atoms with van der Waals surface area (Å²) >= 11 is -1.28. The molecule has 1 aromatic heterocycles. The van der Waals surface area contributed by atoms with Gasteiger partial charge in [0.05, 0.1) is 5.56 Å². The number of rotatable bonds is 4. The molecule has 0 amide bonds. The van der Waals surface area contributed by atoms with Crippen molar-refractivity contribution >= 4 is 22.8 Å². The van der Waals surface area contributed by atoms with Gasteiger partial charge in [0.25, 0.3) is 0 Å². The van der Waals surface area contributed by atoms with Crippen LogP contribution in [0.25, 0.3) is 0 Å². The monoisotopic (exact) mass is 289 g/mol. The van der Waals surface area contributed by atoms with Gasteiger partial charge >= 0.3 is 5.16 Å². The van der Waals surface area contributed by atoms with Crippen molar-refractivity contribution in [1.29, 1.82) is 0 Å². The molecule has 2 rings (SSSR count). The van der Waals surface area contributed by atoms with Gasteiger partial charge in [-0.05, 0) is 13.8 Å². The van der Waals surface area contributed by atoms with E-state index in [4.69, 9.17) is 5.73 Å². The third-order valence-corrected chi connectivity index (χ3v) is 3.95. The highest BCUT2D eigenvalue weighted by atomic mass is 32.2. The number of nitrogens with zero attached hydrogens (tertiary/aromatic N) is 2. The van der Waals surface area contributed by atoms with E-state index in [2.05, 4.69) is 9.97 Å². The molecule has 1 aromatic carbocycles. The maximum absolute atomic E-state index is 12.3. The summed E-state index contributed by atoms with van der Waals surface area (Å²) in [5.74, 6) is 0.226. The second kappa shape index (κ2) is 6.02. The average molecular weight is 289 g/mol. The van der Waals surface area contributed by atoms with Crippen molar-refractivity contribution in [2.24, 2.45) is 0 Å². The zero-order valence-electron chi connectivity index (χ0n) is 11.3. The Balaban J connectivity index is 2.33. The van der Waals surface area contributed by atoms with Crippen LogP contribution >= 0.6 is 0 Å². The van der Waals surface area contributed by atoms with Crippen LogP contribution < -0.4 is 5.73 Å². The molecule has 5 nitrogen and oxygen atoms in total. The van der Waals surface area contributed by atoms with E-state index in [1.54, 1.807) is 19.1 Å². The Bertz CT molecular complexity index is 629. The quantitative estimate of drug-likeness (QED) is 0.525. The molecule has 0 bridgehead atoms.